The number of hydrogen-bond acceptors (Lipinski definition) is 4. The van der Waals surface area contributed by atoms with Gasteiger partial charge in [-0.3, -0.25) is 14.9 Å². The van der Waals surface area contributed by atoms with Gasteiger partial charge in [-0.25, -0.2) is 0 Å². The molecule has 1 rings (SSSR count). The van der Waals surface area contributed by atoms with E-state index in [4.69, 9.17) is 4.74 Å². The minimum absolute atomic E-state index is 0.00694. The number of rotatable bonds is 4. The second kappa shape index (κ2) is 5.77. The summed E-state index contributed by atoms with van der Waals surface area (Å²) in [6.45, 7) is 3.63. The summed E-state index contributed by atoms with van der Waals surface area (Å²) < 4.78 is 5.50. The van der Waals surface area contributed by atoms with Gasteiger partial charge in [-0.15, -0.1) is 0 Å². The summed E-state index contributed by atoms with van der Waals surface area (Å²) in [5, 5.41) is 10.8. The van der Waals surface area contributed by atoms with Crippen molar-refractivity contribution in [3.63, 3.8) is 0 Å². The number of carbonyl (C=O) groups excluding carboxylic acids is 1. The molecule has 0 N–H and O–H groups in total. The third-order valence-corrected chi connectivity index (χ3v) is 3.08. The van der Waals surface area contributed by atoms with Crippen molar-refractivity contribution in [1.29, 1.82) is 0 Å². The standard InChI is InChI=1S/C11H12BrNO4/c1-3-17-11(14)6-8-7(2)10(13(15)16)5-4-9(8)12/h4-5H,3,6H2,1-2H3. The van der Waals surface area contributed by atoms with E-state index in [1.54, 1.807) is 19.9 Å². The van der Waals surface area contributed by atoms with Gasteiger partial charge < -0.3 is 4.74 Å². The van der Waals surface area contributed by atoms with Crippen LogP contribution in [-0.4, -0.2) is 17.5 Å². The molecule has 0 amide bonds. The molecule has 0 aliphatic heterocycles. The van der Waals surface area contributed by atoms with Gasteiger partial charge in [0.2, 0.25) is 0 Å². The van der Waals surface area contributed by atoms with Gasteiger partial charge in [-0.05, 0) is 25.5 Å². The molecule has 0 unspecified atom stereocenters. The molecule has 1 aromatic carbocycles. The fourth-order valence-corrected chi connectivity index (χ4v) is 2.05. The topological polar surface area (TPSA) is 69.4 Å². The lowest BCUT2D eigenvalue weighted by atomic mass is 10.0. The van der Waals surface area contributed by atoms with Gasteiger partial charge in [-0.2, -0.15) is 0 Å². The van der Waals surface area contributed by atoms with Crippen LogP contribution in [0.5, 0.6) is 0 Å². The van der Waals surface area contributed by atoms with Gasteiger partial charge in [-0.1, -0.05) is 15.9 Å². The SMILES string of the molecule is CCOC(=O)Cc1c(Br)ccc([N+](=O)[O-])c1C. The lowest BCUT2D eigenvalue weighted by Gasteiger charge is -2.08. The summed E-state index contributed by atoms with van der Waals surface area (Å²) in [7, 11) is 0. The third kappa shape index (κ3) is 3.26. The molecule has 0 aliphatic carbocycles. The van der Waals surface area contributed by atoms with Gasteiger partial charge in [0.1, 0.15) is 0 Å². The zero-order valence-electron chi connectivity index (χ0n) is 9.53. The first-order chi connectivity index (χ1) is 7.97. The Morgan fingerprint density at radius 1 is 1.53 bits per heavy atom. The molecule has 0 saturated heterocycles. The minimum atomic E-state index is -0.462. The Bertz CT molecular complexity index is 459. The van der Waals surface area contributed by atoms with Crippen LogP contribution >= 0.6 is 15.9 Å². The second-order valence-electron chi connectivity index (χ2n) is 3.41. The van der Waals surface area contributed by atoms with Crippen LogP contribution in [-0.2, 0) is 16.0 Å². The Labute approximate surface area is 107 Å². The van der Waals surface area contributed by atoms with Crippen LogP contribution in [0.4, 0.5) is 5.69 Å². The number of nitro groups is 1. The molecule has 0 saturated carbocycles. The number of halogens is 1. The Hall–Kier alpha value is -1.43. The molecule has 0 heterocycles. The summed E-state index contributed by atoms with van der Waals surface area (Å²) in [5.41, 5.74) is 1.09. The van der Waals surface area contributed by atoms with Crippen molar-refractivity contribution >= 4 is 27.6 Å². The van der Waals surface area contributed by atoms with E-state index in [0.29, 0.717) is 22.2 Å². The highest BCUT2D eigenvalue weighted by molar-refractivity contribution is 9.10. The molecule has 0 bridgehead atoms. The average molecular weight is 302 g/mol. The smallest absolute Gasteiger partial charge is 0.310 e. The van der Waals surface area contributed by atoms with Crippen LogP contribution in [0.3, 0.4) is 0 Å². The van der Waals surface area contributed by atoms with Gasteiger partial charge in [0.25, 0.3) is 5.69 Å². The first-order valence-corrected chi connectivity index (χ1v) is 5.84. The van der Waals surface area contributed by atoms with Crippen molar-refractivity contribution in [2.45, 2.75) is 20.3 Å². The minimum Gasteiger partial charge on any atom is -0.466 e. The molecule has 0 radical (unpaired) electrons. The van der Waals surface area contributed by atoms with E-state index in [0.717, 1.165) is 0 Å². The molecule has 0 spiro atoms. The van der Waals surface area contributed by atoms with Crippen LogP contribution in [0.1, 0.15) is 18.1 Å². The predicted octanol–water partition coefficient (Wildman–Crippen LogP) is 2.77. The van der Waals surface area contributed by atoms with Crippen molar-refractivity contribution < 1.29 is 14.5 Å². The van der Waals surface area contributed by atoms with Crippen molar-refractivity contribution in [3.8, 4) is 0 Å². The molecular formula is C11H12BrNO4. The summed E-state index contributed by atoms with van der Waals surface area (Å²) in [6.07, 6.45) is 0.0297. The van der Waals surface area contributed by atoms with Crippen LogP contribution < -0.4 is 0 Å². The van der Waals surface area contributed by atoms with Crippen LogP contribution in [0.25, 0.3) is 0 Å². The van der Waals surface area contributed by atoms with E-state index in [2.05, 4.69) is 15.9 Å². The monoisotopic (exact) mass is 301 g/mol. The molecule has 0 atom stereocenters. The van der Waals surface area contributed by atoms with Gasteiger partial charge in [0.05, 0.1) is 18.0 Å². The largest absolute Gasteiger partial charge is 0.466 e. The number of nitrogens with zero attached hydrogens (tertiary/aromatic N) is 1. The second-order valence-corrected chi connectivity index (χ2v) is 4.26. The Kier molecular flexibility index (Phi) is 4.62. The quantitative estimate of drug-likeness (QED) is 0.487. The van der Waals surface area contributed by atoms with E-state index in [-0.39, 0.29) is 12.1 Å². The van der Waals surface area contributed by atoms with E-state index < -0.39 is 10.9 Å². The summed E-state index contributed by atoms with van der Waals surface area (Å²) in [5.74, 6) is -0.392. The summed E-state index contributed by atoms with van der Waals surface area (Å²) in [6, 6.07) is 2.98. The number of carbonyl (C=O) groups is 1. The first-order valence-electron chi connectivity index (χ1n) is 5.05. The lowest BCUT2D eigenvalue weighted by Crippen LogP contribution is -2.10. The average Bonchev–Trinajstić information content (AvgIpc) is 2.24. The number of esters is 1. The van der Waals surface area contributed by atoms with Crippen molar-refractivity contribution in [2.24, 2.45) is 0 Å². The maximum atomic E-state index is 11.4. The Morgan fingerprint density at radius 3 is 2.71 bits per heavy atom. The lowest BCUT2D eigenvalue weighted by molar-refractivity contribution is -0.385. The maximum Gasteiger partial charge on any atom is 0.310 e. The maximum absolute atomic E-state index is 11.4. The van der Waals surface area contributed by atoms with E-state index in [1.807, 2.05) is 0 Å². The van der Waals surface area contributed by atoms with Gasteiger partial charge in [0.15, 0.2) is 0 Å². The fraction of sp³-hybridized carbons (Fsp3) is 0.364. The van der Waals surface area contributed by atoms with E-state index >= 15 is 0 Å². The third-order valence-electron chi connectivity index (χ3n) is 2.34. The van der Waals surface area contributed by atoms with Crippen molar-refractivity contribution in [1.82, 2.24) is 0 Å². The highest BCUT2D eigenvalue weighted by Gasteiger charge is 2.18. The summed E-state index contributed by atoms with van der Waals surface area (Å²) in [4.78, 5) is 21.7. The zero-order chi connectivity index (χ0) is 13.0. The van der Waals surface area contributed by atoms with Crippen LogP contribution in [0.15, 0.2) is 16.6 Å². The van der Waals surface area contributed by atoms with Crippen molar-refractivity contribution in [2.75, 3.05) is 6.61 Å². The molecule has 0 aromatic heterocycles. The number of ether oxygens (including phenoxy) is 1. The van der Waals surface area contributed by atoms with Crippen LogP contribution in [0, 0.1) is 17.0 Å². The molecular weight excluding hydrogens is 290 g/mol. The predicted molar refractivity (Wildman–Crippen MR) is 65.9 cm³/mol. The molecule has 5 nitrogen and oxygen atoms in total. The molecule has 1 aromatic rings. The molecule has 0 fully saturated rings. The normalized spacial score (nSPS) is 10.1. The summed E-state index contributed by atoms with van der Waals surface area (Å²) >= 11 is 3.28. The number of benzene rings is 1. The highest BCUT2D eigenvalue weighted by atomic mass is 79.9. The number of hydrogen-bond donors (Lipinski definition) is 0. The first kappa shape index (κ1) is 13.6. The Morgan fingerprint density at radius 2 is 2.18 bits per heavy atom. The van der Waals surface area contributed by atoms with E-state index in [1.165, 1.54) is 6.07 Å². The fourth-order valence-electron chi connectivity index (χ4n) is 1.48. The van der Waals surface area contributed by atoms with E-state index in [9.17, 15) is 14.9 Å². The number of nitro benzene ring substituents is 1. The Balaban J connectivity index is 3.09. The molecule has 6 heteroatoms. The highest BCUT2D eigenvalue weighted by Crippen LogP contribution is 2.28. The zero-order valence-corrected chi connectivity index (χ0v) is 11.1. The van der Waals surface area contributed by atoms with Gasteiger partial charge >= 0.3 is 5.97 Å². The molecule has 0 aliphatic rings. The van der Waals surface area contributed by atoms with Crippen LogP contribution in [0.2, 0.25) is 0 Å². The molecule has 92 valence electrons. The van der Waals surface area contributed by atoms with Crippen molar-refractivity contribution in [3.05, 3.63) is 37.8 Å². The van der Waals surface area contributed by atoms with Gasteiger partial charge in [0, 0.05) is 16.1 Å². The molecule has 17 heavy (non-hydrogen) atoms.